The first-order chi connectivity index (χ1) is 9.83. The van der Waals surface area contributed by atoms with Gasteiger partial charge in [0.25, 0.3) is 10.0 Å². The molecule has 0 aliphatic carbocycles. The minimum atomic E-state index is -3.76. The topological polar surface area (TPSA) is 72.2 Å². The lowest BCUT2D eigenvalue weighted by molar-refractivity contribution is 0.601. The van der Waals surface area contributed by atoms with Gasteiger partial charge in [-0.25, -0.2) is 8.42 Å². The molecule has 0 fully saturated rings. The maximum absolute atomic E-state index is 12.3. The highest BCUT2D eigenvalue weighted by Gasteiger charge is 2.18. The summed E-state index contributed by atoms with van der Waals surface area (Å²) in [4.78, 5) is 0.0190. The van der Waals surface area contributed by atoms with Crippen LogP contribution in [0.2, 0.25) is 5.02 Å². The van der Waals surface area contributed by atoms with Crippen LogP contribution in [0.25, 0.3) is 0 Å². The lowest BCUT2D eigenvalue weighted by Gasteiger charge is -2.11. The molecular weight excluding hydrogens is 376 g/mol. The Morgan fingerprint density at radius 1 is 1.24 bits per heavy atom. The zero-order valence-electron chi connectivity index (χ0n) is 11.2. The fourth-order valence-electron chi connectivity index (χ4n) is 1.88. The van der Waals surface area contributed by atoms with E-state index in [0.717, 1.165) is 12.0 Å². The maximum atomic E-state index is 12.3. The van der Waals surface area contributed by atoms with Gasteiger partial charge >= 0.3 is 0 Å². The van der Waals surface area contributed by atoms with Crippen LogP contribution in [0.15, 0.2) is 45.8 Å². The van der Waals surface area contributed by atoms with Crippen molar-refractivity contribution in [2.24, 2.45) is 0 Å². The second-order valence-corrected chi connectivity index (χ2v) is 7.42. The number of hydrogen-bond donors (Lipinski definition) is 2. The molecule has 0 aliphatic heterocycles. The van der Waals surface area contributed by atoms with Gasteiger partial charge in [-0.3, -0.25) is 4.72 Å². The van der Waals surface area contributed by atoms with E-state index in [2.05, 4.69) is 20.7 Å². The molecule has 7 heteroatoms. The molecule has 0 radical (unpaired) electrons. The van der Waals surface area contributed by atoms with Crippen molar-refractivity contribution in [2.75, 3.05) is 10.5 Å². The maximum Gasteiger partial charge on any atom is 0.263 e. The Balaban J connectivity index is 2.35. The van der Waals surface area contributed by atoms with Crippen LogP contribution in [-0.4, -0.2) is 8.42 Å². The zero-order valence-corrected chi connectivity index (χ0v) is 14.4. The van der Waals surface area contributed by atoms with E-state index >= 15 is 0 Å². The minimum Gasteiger partial charge on any atom is -0.398 e. The highest BCUT2D eigenvalue weighted by atomic mass is 79.9. The van der Waals surface area contributed by atoms with Crippen LogP contribution in [0, 0.1) is 0 Å². The summed E-state index contributed by atoms with van der Waals surface area (Å²) >= 11 is 9.22. The van der Waals surface area contributed by atoms with Crippen molar-refractivity contribution >= 4 is 48.9 Å². The Hall–Kier alpha value is -1.24. The molecule has 0 amide bonds. The normalized spacial score (nSPS) is 11.4. The van der Waals surface area contributed by atoms with Crippen molar-refractivity contribution in [3.05, 3.63) is 51.5 Å². The van der Waals surface area contributed by atoms with Gasteiger partial charge in [0, 0.05) is 10.2 Å². The van der Waals surface area contributed by atoms with E-state index in [1.807, 2.05) is 6.92 Å². The summed E-state index contributed by atoms with van der Waals surface area (Å²) in [6, 6.07) is 9.68. The number of halogens is 2. The van der Waals surface area contributed by atoms with E-state index in [0.29, 0.717) is 15.8 Å². The fourth-order valence-corrected chi connectivity index (χ4v) is 3.97. The SMILES string of the molecule is CCc1ccc(NS(=O)(=O)c2ccc(Br)cc2Cl)cc1N. The number of benzene rings is 2. The Kier molecular flexibility index (Phi) is 4.81. The van der Waals surface area contributed by atoms with Crippen molar-refractivity contribution in [1.29, 1.82) is 0 Å². The van der Waals surface area contributed by atoms with Gasteiger partial charge in [-0.2, -0.15) is 0 Å². The van der Waals surface area contributed by atoms with E-state index in [1.54, 1.807) is 24.3 Å². The quantitative estimate of drug-likeness (QED) is 0.775. The zero-order chi connectivity index (χ0) is 15.6. The van der Waals surface area contributed by atoms with Gasteiger partial charge in [0.2, 0.25) is 0 Å². The summed E-state index contributed by atoms with van der Waals surface area (Å²) in [5.41, 5.74) is 7.81. The number of nitrogen functional groups attached to an aromatic ring is 1. The van der Waals surface area contributed by atoms with E-state index in [4.69, 9.17) is 17.3 Å². The largest absolute Gasteiger partial charge is 0.398 e. The highest BCUT2D eigenvalue weighted by Crippen LogP contribution is 2.27. The molecule has 2 aromatic carbocycles. The molecule has 0 atom stereocenters. The first-order valence-electron chi connectivity index (χ1n) is 6.19. The average molecular weight is 390 g/mol. The van der Waals surface area contributed by atoms with Crippen molar-refractivity contribution in [3.8, 4) is 0 Å². The monoisotopic (exact) mass is 388 g/mol. The standard InChI is InChI=1S/C14H14BrClN2O2S/c1-2-9-3-5-11(8-13(9)17)18-21(19,20)14-6-4-10(15)7-12(14)16/h3-8,18H,2,17H2,1H3. The van der Waals surface area contributed by atoms with Gasteiger partial charge in [0.1, 0.15) is 4.90 Å². The second-order valence-electron chi connectivity index (χ2n) is 4.45. The van der Waals surface area contributed by atoms with Crippen molar-refractivity contribution in [3.63, 3.8) is 0 Å². The molecule has 3 N–H and O–H groups in total. The molecule has 0 heterocycles. The van der Waals surface area contributed by atoms with Crippen LogP contribution < -0.4 is 10.5 Å². The Labute approximate surface area is 137 Å². The third-order valence-electron chi connectivity index (χ3n) is 2.96. The summed E-state index contributed by atoms with van der Waals surface area (Å²) in [5.74, 6) is 0. The number of aryl methyl sites for hydroxylation is 1. The lowest BCUT2D eigenvalue weighted by Crippen LogP contribution is -2.13. The van der Waals surface area contributed by atoms with E-state index in [-0.39, 0.29) is 9.92 Å². The molecule has 0 saturated carbocycles. The molecule has 0 aliphatic rings. The Morgan fingerprint density at radius 3 is 2.52 bits per heavy atom. The number of nitrogens with one attached hydrogen (secondary N) is 1. The van der Waals surface area contributed by atoms with Crippen LogP contribution in [0.1, 0.15) is 12.5 Å². The van der Waals surface area contributed by atoms with E-state index < -0.39 is 10.0 Å². The molecule has 21 heavy (non-hydrogen) atoms. The molecule has 2 aromatic rings. The first-order valence-corrected chi connectivity index (χ1v) is 8.85. The van der Waals surface area contributed by atoms with Gasteiger partial charge in [0.05, 0.1) is 10.7 Å². The fraction of sp³-hybridized carbons (Fsp3) is 0.143. The predicted octanol–water partition coefficient (Wildman–Crippen LogP) is 4.05. The molecule has 0 saturated heterocycles. The number of nitrogens with two attached hydrogens (primary N) is 1. The number of anilines is 2. The van der Waals surface area contributed by atoms with Gasteiger partial charge in [-0.05, 0) is 42.3 Å². The van der Waals surface area contributed by atoms with Gasteiger partial charge < -0.3 is 5.73 Å². The van der Waals surface area contributed by atoms with Crippen LogP contribution in [-0.2, 0) is 16.4 Å². The van der Waals surface area contributed by atoms with Gasteiger partial charge in [-0.1, -0.05) is 40.5 Å². The van der Waals surface area contributed by atoms with Gasteiger partial charge in [0.15, 0.2) is 0 Å². The third-order valence-corrected chi connectivity index (χ3v) is 5.32. The molecule has 0 spiro atoms. The smallest absolute Gasteiger partial charge is 0.263 e. The molecule has 0 unspecified atom stereocenters. The number of rotatable bonds is 4. The van der Waals surface area contributed by atoms with Crippen LogP contribution in [0.5, 0.6) is 0 Å². The molecule has 0 aromatic heterocycles. The summed E-state index contributed by atoms with van der Waals surface area (Å²) in [6.45, 7) is 1.98. The summed E-state index contributed by atoms with van der Waals surface area (Å²) < 4.78 is 27.9. The molecular formula is C14H14BrClN2O2S. The average Bonchev–Trinajstić information content (AvgIpc) is 2.37. The highest BCUT2D eigenvalue weighted by molar-refractivity contribution is 9.10. The molecule has 4 nitrogen and oxygen atoms in total. The molecule has 0 bridgehead atoms. The summed E-state index contributed by atoms with van der Waals surface area (Å²) in [7, 11) is -3.76. The van der Waals surface area contributed by atoms with E-state index in [9.17, 15) is 8.42 Å². The van der Waals surface area contributed by atoms with Crippen molar-refractivity contribution in [2.45, 2.75) is 18.2 Å². The Morgan fingerprint density at radius 2 is 1.95 bits per heavy atom. The summed E-state index contributed by atoms with van der Waals surface area (Å²) in [6.07, 6.45) is 0.789. The number of sulfonamides is 1. The van der Waals surface area contributed by atoms with Crippen LogP contribution in [0.3, 0.4) is 0 Å². The van der Waals surface area contributed by atoms with Gasteiger partial charge in [-0.15, -0.1) is 0 Å². The Bertz CT molecular complexity index is 779. The minimum absolute atomic E-state index is 0.0190. The molecule has 2 rings (SSSR count). The van der Waals surface area contributed by atoms with Crippen LogP contribution in [0.4, 0.5) is 11.4 Å². The second kappa shape index (κ2) is 6.25. The predicted molar refractivity (Wildman–Crippen MR) is 90.2 cm³/mol. The van der Waals surface area contributed by atoms with Crippen LogP contribution >= 0.6 is 27.5 Å². The van der Waals surface area contributed by atoms with Crippen molar-refractivity contribution < 1.29 is 8.42 Å². The van der Waals surface area contributed by atoms with E-state index in [1.165, 1.54) is 12.1 Å². The third kappa shape index (κ3) is 3.70. The molecule has 112 valence electrons. The number of hydrogen-bond acceptors (Lipinski definition) is 3. The first kappa shape index (κ1) is 16.1. The summed E-state index contributed by atoms with van der Waals surface area (Å²) in [5, 5.41) is 0.148. The van der Waals surface area contributed by atoms with Crippen molar-refractivity contribution in [1.82, 2.24) is 0 Å². The lowest BCUT2D eigenvalue weighted by atomic mass is 10.1.